The fraction of sp³-hybridized carbons (Fsp3) is 0.231. The smallest absolute Gasteiger partial charge is 0.244 e. The molecule has 0 aliphatic heterocycles. The molecule has 0 saturated carbocycles. The van der Waals surface area contributed by atoms with Crippen molar-refractivity contribution in [3.8, 4) is 0 Å². The summed E-state index contributed by atoms with van der Waals surface area (Å²) >= 11 is 13.2. The Morgan fingerprint density at radius 2 is 1.95 bits per heavy atom. The summed E-state index contributed by atoms with van der Waals surface area (Å²) < 4.78 is 27.4. The van der Waals surface area contributed by atoms with E-state index in [-0.39, 0.29) is 16.5 Å². The van der Waals surface area contributed by atoms with E-state index in [2.05, 4.69) is 0 Å². The predicted molar refractivity (Wildman–Crippen MR) is 88.5 cm³/mol. The summed E-state index contributed by atoms with van der Waals surface area (Å²) in [7, 11) is -3.71. The number of anilines is 1. The summed E-state index contributed by atoms with van der Waals surface area (Å²) in [4.78, 5) is 0.888. The van der Waals surface area contributed by atoms with Crippen molar-refractivity contribution in [3.05, 3.63) is 44.6 Å². The molecule has 0 unspecified atom stereocenters. The Balaban J connectivity index is 2.37. The summed E-state index contributed by atoms with van der Waals surface area (Å²) in [6.07, 6.45) is 0. The zero-order valence-corrected chi connectivity index (χ0v) is 14.4. The van der Waals surface area contributed by atoms with E-state index in [4.69, 9.17) is 28.9 Å². The second-order valence-corrected chi connectivity index (χ2v) is 8.44. The normalized spacial score (nSPS) is 12.0. The van der Waals surface area contributed by atoms with E-state index in [9.17, 15) is 8.42 Å². The molecule has 0 saturated heterocycles. The number of hydrogen-bond donors (Lipinski definition) is 1. The highest BCUT2D eigenvalue weighted by Crippen LogP contribution is 2.29. The van der Waals surface area contributed by atoms with Crippen molar-refractivity contribution in [1.82, 2.24) is 4.31 Å². The van der Waals surface area contributed by atoms with Crippen LogP contribution in [0.15, 0.2) is 35.2 Å². The number of nitrogen functional groups attached to an aromatic ring is 1. The van der Waals surface area contributed by atoms with Crippen LogP contribution in [-0.4, -0.2) is 19.3 Å². The monoisotopic (exact) mass is 364 g/mol. The Morgan fingerprint density at radius 3 is 2.52 bits per heavy atom. The number of rotatable bonds is 5. The number of halogens is 2. The molecule has 114 valence electrons. The first-order valence-electron chi connectivity index (χ1n) is 6.14. The van der Waals surface area contributed by atoms with Crippen LogP contribution in [0.1, 0.15) is 11.8 Å². The summed E-state index contributed by atoms with van der Waals surface area (Å²) in [5.41, 5.74) is 6.02. The van der Waals surface area contributed by atoms with Crippen LogP contribution in [0.2, 0.25) is 9.36 Å². The van der Waals surface area contributed by atoms with Gasteiger partial charge < -0.3 is 5.73 Å². The summed E-state index contributed by atoms with van der Waals surface area (Å²) in [5.74, 6) is 0. The zero-order chi connectivity index (χ0) is 15.6. The van der Waals surface area contributed by atoms with Gasteiger partial charge in [-0.15, -0.1) is 11.3 Å². The topological polar surface area (TPSA) is 63.4 Å². The number of benzene rings is 1. The predicted octanol–water partition coefficient (Wildman–Crippen LogP) is 3.85. The Bertz CT molecular complexity index is 744. The lowest BCUT2D eigenvalue weighted by molar-refractivity contribution is 0.426. The fourth-order valence-electron chi connectivity index (χ4n) is 1.83. The lowest BCUT2D eigenvalue weighted by Crippen LogP contribution is -2.30. The van der Waals surface area contributed by atoms with Crippen molar-refractivity contribution in [2.75, 3.05) is 12.3 Å². The lowest BCUT2D eigenvalue weighted by atomic mass is 10.3. The number of thiophene rings is 1. The molecule has 0 aliphatic carbocycles. The molecule has 0 radical (unpaired) electrons. The van der Waals surface area contributed by atoms with Crippen molar-refractivity contribution >= 4 is 50.2 Å². The minimum Gasteiger partial charge on any atom is -0.399 e. The molecule has 2 aromatic rings. The zero-order valence-electron chi connectivity index (χ0n) is 11.2. The van der Waals surface area contributed by atoms with Crippen LogP contribution in [0.4, 0.5) is 5.69 Å². The third kappa shape index (κ3) is 3.70. The molecule has 0 amide bonds. The lowest BCUT2D eigenvalue weighted by Gasteiger charge is -2.20. The summed E-state index contributed by atoms with van der Waals surface area (Å²) in [6, 6.07) is 7.99. The highest BCUT2D eigenvalue weighted by Gasteiger charge is 2.26. The van der Waals surface area contributed by atoms with Gasteiger partial charge in [0, 0.05) is 23.7 Å². The molecule has 1 aromatic heterocycles. The van der Waals surface area contributed by atoms with E-state index in [1.807, 2.05) is 6.07 Å². The van der Waals surface area contributed by atoms with E-state index in [0.717, 1.165) is 4.88 Å². The molecule has 2 N–H and O–H groups in total. The highest BCUT2D eigenvalue weighted by atomic mass is 35.5. The SMILES string of the molecule is CCN(Cc1ccc(Cl)s1)S(=O)(=O)c1cc(N)ccc1Cl. The molecular weight excluding hydrogens is 351 g/mol. The third-order valence-corrected chi connectivity index (χ3v) is 6.51. The average molecular weight is 365 g/mol. The maximum Gasteiger partial charge on any atom is 0.244 e. The van der Waals surface area contributed by atoms with Crippen LogP contribution >= 0.6 is 34.5 Å². The summed E-state index contributed by atoms with van der Waals surface area (Å²) in [5, 5.41) is 0.159. The van der Waals surface area contributed by atoms with Gasteiger partial charge >= 0.3 is 0 Å². The number of nitrogens with zero attached hydrogens (tertiary/aromatic N) is 1. The molecule has 0 atom stereocenters. The largest absolute Gasteiger partial charge is 0.399 e. The average Bonchev–Trinajstić information content (AvgIpc) is 2.84. The first kappa shape index (κ1) is 16.6. The number of sulfonamides is 1. The quantitative estimate of drug-likeness (QED) is 0.819. The molecule has 0 spiro atoms. The minimum absolute atomic E-state index is 0.0219. The van der Waals surface area contributed by atoms with Gasteiger partial charge in [-0.3, -0.25) is 0 Å². The molecule has 1 heterocycles. The molecule has 4 nitrogen and oxygen atoms in total. The minimum atomic E-state index is -3.71. The van der Waals surface area contributed by atoms with Gasteiger partial charge in [0.15, 0.2) is 0 Å². The van der Waals surface area contributed by atoms with Crippen molar-refractivity contribution in [2.24, 2.45) is 0 Å². The maximum atomic E-state index is 12.7. The van der Waals surface area contributed by atoms with E-state index in [1.165, 1.54) is 27.8 Å². The van der Waals surface area contributed by atoms with Crippen LogP contribution in [0.25, 0.3) is 0 Å². The fourth-order valence-corrected chi connectivity index (χ4v) is 4.96. The van der Waals surface area contributed by atoms with Gasteiger partial charge in [-0.2, -0.15) is 4.31 Å². The standard InChI is InChI=1S/C13H14Cl2N2O2S2/c1-2-17(8-10-4-6-13(15)20-10)21(18,19)12-7-9(16)3-5-11(12)14/h3-7H,2,8,16H2,1H3. The molecule has 0 aliphatic rings. The third-order valence-electron chi connectivity index (χ3n) is 2.89. The molecular formula is C13H14Cl2N2O2S2. The first-order valence-corrected chi connectivity index (χ1v) is 9.15. The first-order chi connectivity index (χ1) is 9.84. The molecule has 0 fully saturated rings. The van der Waals surface area contributed by atoms with Crippen LogP contribution in [0.5, 0.6) is 0 Å². The molecule has 2 rings (SSSR count). The van der Waals surface area contributed by atoms with Gasteiger partial charge in [-0.05, 0) is 30.3 Å². The van der Waals surface area contributed by atoms with E-state index < -0.39 is 10.0 Å². The van der Waals surface area contributed by atoms with Gasteiger partial charge in [0.05, 0.1) is 9.36 Å². The van der Waals surface area contributed by atoms with Crippen LogP contribution in [0.3, 0.4) is 0 Å². The number of hydrogen-bond acceptors (Lipinski definition) is 4. The molecule has 0 bridgehead atoms. The Kier molecular flexibility index (Phi) is 5.16. The Labute approximate surface area is 138 Å². The van der Waals surface area contributed by atoms with E-state index in [1.54, 1.807) is 19.1 Å². The van der Waals surface area contributed by atoms with Gasteiger partial charge in [0.25, 0.3) is 0 Å². The van der Waals surface area contributed by atoms with E-state index >= 15 is 0 Å². The molecule has 1 aromatic carbocycles. The number of nitrogens with two attached hydrogens (primary N) is 1. The second-order valence-electron chi connectivity index (χ2n) is 4.33. The van der Waals surface area contributed by atoms with Crippen LogP contribution < -0.4 is 5.73 Å². The van der Waals surface area contributed by atoms with Crippen molar-refractivity contribution in [3.63, 3.8) is 0 Å². The van der Waals surface area contributed by atoms with Gasteiger partial charge in [-0.25, -0.2) is 8.42 Å². The van der Waals surface area contributed by atoms with Gasteiger partial charge in [0.2, 0.25) is 10.0 Å². The Morgan fingerprint density at radius 1 is 1.24 bits per heavy atom. The van der Waals surface area contributed by atoms with Crippen LogP contribution in [0, 0.1) is 0 Å². The Hall–Kier alpha value is -0.790. The summed E-state index contributed by atoms with van der Waals surface area (Å²) in [6.45, 7) is 2.34. The van der Waals surface area contributed by atoms with Gasteiger partial charge in [0.1, 0.15) is 4.90 Å². The highest BCUT2D eigenvalue weighted by molar-refractivity contribution is 7.89. The van der Waals surface area contributed by atoms with Crippen LogP contribution in [-0.2, 0) is 16.6 Å². The van der Waals surface area contributed by atoms with Crippen molar-refractivity contribution in [1.29, 1.82) is 0 Å². The maximum absolute atomic E-state index is 12.7. The molecule has 8 heteroatoms. The van der Waals surface area contributed by atoms with Crippen molar-refractivity contribution < 1.29 is 8.42 Å². The van der Waals surface area contributed by atoms with Gasteiger partial charge in [-0.1, -0.05) is 30.1 Å². The second kappa shape index (κ2) is 6.54. The van der Waals surface area contributed by atoms with Crippen molar-refractivity contribution in [2.45, 2.75) is 18.4 Å². The molecule has 21 heavy (non-hydrogen) atoms. The van der Waals surface area contributed by atoms with E-state index in [0.29, 0.717) is 16.6 Å².